The normalized spacial score (nSPS) is 16.4. The third-order valence-electron chi connectivity index (χ3n) is 4.86. The zero-order valence-electron chi connectivity index (χ0n) is 17.0. The zero-order chi connectivity index (χ0) is 19.6. The topological polar surface area (TPSA) is 84.7 Å². The van der Waals surface area contributed by atoms with Crippen molar-refractivity contribution < 1.29 is 14.3 Å². The Morgan fingerprint density at radius 3 is 2.61 bits per heavy atom. The molecule has 158 valence electrons. The molecule has 3 N–H and O–H groups in total. The average molecular weight is 412 g/mol. The van der Waals surface area contributed by atoms with Crippen LogP contribution in [0.1, 0.15) is 56.3 Å². The molecule has 0 saturated carbocycles. The van der Waals surface area contributed by atoms with Crippen LogP contribution in [0.15, 0.2) is 24.3 Å². The molecule has 1 heterocycles. The largest absolute Gasteiger partial charge is 0.494 e. The summed E-state index contributed by atoms with van der Waals surface area (Å²) in [6.07, 6.45) is 4.30. The molecule has 2 rings (SSSR count). The van der Waals surface area contributed by atoms with Crippen molar-refractivity contribution in [2.24, 2.45) is 11.7 Å². The molecule has 0 radical (unpaired) electrons. The number of likely N-dealkylation sites (tertiary alicyclic amines) is 1. The van der Waals surface area contributed by atoms with Gasteiger partial charge >= 0.3 is 0 Å². The molecule has 28 heavy (non-hydrogen) atoms. The highest BCUT2D eigenvalue weighted by molar-refractivity contribution is 5.94. The first kappa shape index (κ1) is 24.2. The number of amides is 2. The molecule has 1 aromatic rings. The highest BCUT2D eigenvalue weighted by atomic mass is 35.5. The Hall–Kier alpha value is -1.79. The lowest BCUT2D eigenvalue weighted by atomic mass is 10.0. The third kappa shape index (κ3) is 7.68. The van der Waals surface area contributed by atoms with Crippen LogP contribution in [0, 0.1) is 5.92 Å². The van der Waals surface area contributed by atoms with E-state index in [4.69, 9.17) is 10.5 Å². The molecule has 1 aliphatic rings. The number of hydrogen-bond acceptors (Lipinski definition) is 4. The van der Waals surface area contributed by atoms with Gasteiger partial charge in [0, 0.05) is 37.7 Å². The summed E-state index contributed by atoms with van der Waals surface area (Å²) >= 11 is 0. The van der Waals surface area contributed by atoms with E-state index in [2.05, 4.69) is 19.2 Å². The maximum absolute atomic E-state index is 12.9. The number of hydrogen-bond donors (Lipinski definition) is 2. The van der Waals surface area contributed by atoms with Gasteiger partial charge in [-0.15, -0.1) is 12.4 Å². The number of halogens is 1. The van der Waals surface area contributed by atoms with Gasteiger partial charge in [-0.2, -0.15) is 0 Å². The second-order valence-corrected chi connectivity index (χ2v) is 7.55. The number of rotatable bonds is 9. The Morgan fingerprint density at radius 1 is 1.25 bits per heavy atom. The SMILES string of the molecule is CC(C)CCOc1ccc(C(=O)N2CCCCC2CNC(=O)CCN)cc1.Cl. The van der Waals surface area contributed by atoms with Crippen molar-refractivity contribution in [3.05, 3.63) is 29.8 Å². The molecule has 1 fully saturated rings. The predicted octanol–water partition coefficient (Wildman–Crippen LogP) is 2.99. The van der Waals surface area contributed by atoms with E-state index in [1.54, 1.807) is 0 Å². The summed E-state index contributed by atoms with van der Waals surface area (Å²) in [7, 11) is 0. The number of nitrogens with two attached hydrogens (primary N) is 1. The van der Waals surface area contributed by atoms with Crippen LogP contribution >= 0.6 is 12.4 Å². The number of ether oxygens (including phenoxy) is 1. The first-order valence-electron chi connectivity index (χ1n) is 10.0. The fourth-order valence-corrected chi connectivity index (χ4v) is 3.20. The molecule has 6 nitrogen and oxygen atoms in total. The summed E-state index contributed by atoms with van der Waals surface area (Å²) in [6.45, 7) is 6.56. The van der Waals surface area contributed by atoms with Gasteiger partial charge in [0.1, 0.15) is 5.75 Å². The highest BCUT2D eigenvalue weighted by Crippen LogP contribution is 2.21. The summed E-state index contributed by atoms with van der Waals surface area (Å²) in [5, 5.41) is 2.90. The second-order valence-electron chi connectivity index (χ2n) is 7.55. The molecule has 0 aromatic heterocycles. The van der Waals surface area contributed by atoms with Gasteiger partial charge in [-0.05, 0) is 55.9 Å². The summed E-state index contributed by atoms with van der Waals surface area (Å²) in [5.41, 5.74) is 6.07. The highest BCUT2D eigenvalue weighted by Gasteiger charge is 2.27. The number of piperidine rings is 1. The fraction of sp³-hybridized carbons (Fsp3) is 0.619. The minimum Gasteiger partial charge on any atom is -0.494 e. The lowest BCUT2D eigenvalue weighted by Gasteiger charge is -2.36. The monoisotopic (exact) mass is 411 g/mol. The van der Waals surface area contributed by atoms with E-state index in [0.29, 0.717) is 37.6 Å². The van der Waals surface area contributed by atoms with E-state index in [1.165, 1.54) is 0 Å². The Kier molecular flexibility index (Phi) is 10.9. The van der Waals surface area contributed by atoms with Crippen molar-refractivity contribution in [1.82, 2.24) is 10.2 Å². The van der Waals surface area contributed by atoms with Gasteiger partial charge < -0.3 is 20.7 Å². The number of nitrogens with zero attached hydrogens (tertiary/aromatic N) is 1. The molecule has 0 spiro atoms. The van der Waals surface area contributed by atoms with Crippen LogP contribution in [0.2, 0.25) is 0 Å². The van der Waals surface area contributed by atoms with Gasteiger partial charge in [-0.25, -0.2) is 0 Å². The quantitative estimate of drug-likeness (QED) is 0.654. The van der Waals surface area contributed by atoms with Gasteiger partial charge in [0.15, 0.2) is 0 Å². The van der Waals surface area contributed by atoms with Crippen LogP contribution in [-0.4, -0.2) is 49.0 Å². The van der Waals surface area contributed by atoms with E-state index in [1.807, 2.05) is 29.2 Å². The molecule has 1 saturated heterocycles. The van der Waals surface area contributed by atoms with E-state index < -0.39 is 0 Å². The molecule has 2 amide bonds. The molecule has 0 bridgehead atoms. The number of carbonyl (C=O) groups is 2. The van der Waals surface area contributed by atoms with Crippen LogP contribution < -0.4 is 15.8 Å². The minimum absolute atomic E-state index is 0. The fourth-order valence-electron chi connectivity index (χ4n) is 3.20. The smallest absolute Gasteiger partial charge is 0.254 e. The lowest BCUT2D eigenvalue weighted by Crippen LogP contribution is -2.49. The average Bonchev–Trinajstić information content (AvgIpc) is 2.66. The van der Waals surface area contributed by atoms with Crippen molar-refractivity contribution in [3.63, 3.8) is 0 Å². The molecule has 1 unspecified atom stereocenters. The molecule has 1 aliphatic heterocycles. The van der Waals surface area contributed by atoms with Crippen molar-refractivity contribution in [2.75, 3.05) is 26.2 Å². The standard InChI is InChI=1S/C21H33N3O3.ClH/c1-16(2)11-14-27-19-8-6-17(7-9-19)21(26)24-13-4-3-5-18(24)15-23-20(25)10-12-22;/h6-9,16,18H,3-5,10-15,22H2,1-2H3,(H,23,25);1H. The second kappa shape index (κ2) is 12.6. The Labute approximate surface area is 174 Å². The summed E-state index contributed by atoms with van der Waals surface area (Å²) in [6, 6.07) is 7.40. The van der Waals surface area contributed by atoms with E-state index in [0.717, 1.165) is 38.0 Å². The van der Waals surface area contributed by atoms with E-state index >= 15 is 0 Å². The van der Waals surface area contributed by atoms with Crippen LogP contribution in [0.4, 0.5) is 0 Å². The van der Waals surface area contributed by atoms with Gasteiger partial charge in [-0.1, -0.05) is 13.8 Å². The third-order valence-corrected chi connectivity index (χ3v) is 4.86. The summed E-state index contributed by atoms with van der Waals surface area (Å²) in [5.74, 6) is 1.35. The number of nitrogens with one attached hydrogen (secondary N) is 1. The van der Waals surface area contributed by atoms with Crippen molar-refractivity contribution in [1.29, 1.82) is 0 Å². The maximum Gasteiger partial charge on any atom is 0.254 e. The van der Waals surface area contributed by atoms with E-state index in [-0.39, 0.29) is 30.3 Å². The maximum atomic E-state index is 12.9. The van der Waals surface area contributed by atoms with E-state index in [9.17, 15) is 9.59 Å². The zero-order valence-corrected chi connectivity index (χ0v) is 17.8. The molecule has 1 atom stereocenters. The van der Waals surface area contributed by atoms with Crippen molar-refractivity contribution >= 4 is 24.2 Å². The van der Waals surface area contributed by atoms with Crippen molar-refractivity contribution in [2.45, 2.75) is 52.0 Å². The molecule has 7 heteroatoms. The summed E-state index contributed by atoms with van der Waals surface area (Å²) < 4.78 is 5.72. The van der Waals surface area contributed by atoms with Gasteiger partial charge in [0.2, 0.25) is 5.91 Å². The number of benzene rings is 1. The Bertz CT molecular complexity index is 607. The first-order chi connectivity index (χ1) is 13.0. The van der Waals surface area contributed by atoms with Crippen LogP contribution in [0.25, 0.3) is 0 Å². The van der Waals surface area contributed by atoms with Gasteiger partial charge in [0.05, 0.1) is 6.61 Å². The predicted molar refractivity (Wildman–Crippen MR) is 114 cm³/mol. The Morgan fingerprint density at radius 2 is 1.96 bits per heavy atom. The molecule has 0 aliphatic carbocycles. The molecular weight excluding hydrogens is 378 g/mol. The number of carbonyl (C=O) groups excluding carboxylic acids is 2. The molecule has 1 aromatic carbocycles. The van der Waals surface area contributed by atoms with Gasteiger partial charge in [0.25, 0.3) is 5.91 Å². The van der Waals surface area contributed by atoms with Crippen LogP contribution in [0.3, 0.4) is 0 Å². The lowest BCUT2D eigenvalue weighted by molar-refractivity contribution is -0.121. The summed E-state index contributed by atoms with van der Waals surface area (Å²) in [4.78, 5) is 26.5. The van der Waals surface area contributed by atoms with Crippen molar-refractivity contribution in [3.8, 4) is 5.75 Å². The minimum atomic E-state index is -0.0571. The van der Waals surface area contributed by atoms with Crippen LogP contribution in [-0.2, 0) is 4.79 Å². The van der Waals surface area contributed by atoms with Gasteiger partial charge in [-0.3, -0.25) is 9.59 Å². The first-order valence-corrected chi connectivity index (χ1v) is 10.0. The Balaban J connectivity index is 0.00000392. The molecular formula is C21H34ClN3O3. The van der Waals surface area contributed by atoms with Crippen LogP contribution in [0.5, 0.6) is 5.75 Å².